The topological polar surface area (TPSA) is 113 Å². The number of aromatic nitrogens is 1. The van der Waals surface area contributed by atoms with E-state index in [1.807, 2.05) is 4.90 Å². The van der Waals surface area contributed by atoms with Gasteiger partial charge in [0.1, 0.15) is 18.3 Å². The van der Waals surface area contributed by atoms with E-state index >= 15 is 0 Å². The van der Waals surface area contributed by atoms with E-state index in [1.54, 1.807) is 20.8 Å². The number of hydrogen-bond donors (Lipinski definition) is 2. The highest BCUT2D eigenvalue weighted by Gasteiger charge is 2.43. The number of nitrogens with zero attached hydrogens (tertiary/aromatic N) is 3. The first kappa shape index (κ1) is 33.4. The van der Waals surface area contributed by atoms with E-state index in [-0.39, 0.29) is 30.6 Å². The number of hydrogen-bond acceptors (Lipinski definition) is 8. The molecule has 1 aromatic rings. The highest BCUT2D eigenvalue weighted by molar-refractivity contribution is 7.15. The van der Waals surface area contributed by atoms with E-state index in [4.69, 9.17) is 9.47 Å². The molecule has 3 fully saturated rings. The molecule has 0 radical (unpaired) electrons. The number of anilines is 1. The van der Waals surface area contributed by atoms with Crippen molar-refractivity contribution in [2.24, 2.45) is 11.8 Å². The zero-order valence-electron chi connectivity index (χ0n) is 25.4. The summed E-state index contributed by atoms with van der Waals surface area (Å²) in [6.45, 7) is 7.22. The van der Waals surface area contributed by atoms with Gasteiger partial charge in [-0.15, -0.1) is 0 Å². The molecule has 1 aromatic heterocycles. The van der Waals surface area contributed by atoms with Crippen molar-refractivity contribution in [1.29, 1.82) is 0 Å². The fraction of sp³-hybridized carbons (Fsp3) is 0.793. The Bertz CT molecular complexity index is 1120. The number of carbonyl (C=O) groups is 3. The number of alkyl carbamates (subject to hydrolysis) is 1. The third-order valence-corrected chi connectivity index (χ3v) is 9.21. The van der Waals surface area contributed by atoms with E-state index in [2.05, 4.69) is 22.5 Å². The smallest absolute Gasteiger partial charge is 0.408 e. The molecule has 2 aliphatic heterocycles. The molecule has 2 saturated heterocycles. The lowest BCUT2D eigenvalue weighted by atomic mass is 9.79. The number of nitrogens with one attached hydrogen (secondary N) is 2. The van der Waals surface area contributed by atoms with E-state index < -0.39 is 67.3 Å². The number of likely N-dealkylation sites (tertiary alicyclic amines) is 1. The highest BCUT2D eigenvalue weighted by atomic mass is 32.1. The summed E-state index contributed by atoms with van der Waals surface area (Å²) >= 11 is 1.10. The van der Waals surface area contributed by atoms with E-state index in [0.29, 0.717) is 23.9 Å². The summed E-state index contributed by atoms with van der Waals surface area (Å²) in [5, 5.41) is 5.79. The van der Waals surface area contributed by atoms with Crippen LogP contribution in [0.25, 0.3) is 0 Å². The minimum absolute atomic E-state index is 0.0890. The zero-order chi connectivity index (χ0) is 31.4. The van der Waals surface area contributed by atoms with Crippen molar-refractivity contribution in [2.45, 2.75) is 95.9 Å². The molecule has 2 N–H and O–H groups in total. The summed E-state index contributed by atoms with van der Waals surface area (Å²) in [5.41, 5.74) is -0.737. The van der Waals surface area contributed by atoms with Crippen LogP contribution >= 0.6 is 11.3 Å². The first-order valence-electron chi connectivity index (χ1n) is 15.1. The van der Waals surface area contributed by atoms with Gasteiger partial charge in [-0.25, -0.2) is 22.9 Å². The van der Waals surface area contributed by atoms with Crippen LogP contribution in [0.1, 0.15) is 77.1 Å². The first-order chi connectivity index (χ1) is 20.2. The van der Waals surface area contributed by atoms with Gasteiger partial charge in [-0.2, -0.15) is 0 Å². The summed E-state index contributed by atoms with van der Waals surface area (Å²) in [4.78, 5) is 47.1. The molecule has 43 heavy (non-hydrogen) atoms. The highest BCUT2D eigenvalue weighted by Crippen LogP contribution is 2.37. The summed E-state index contributed by atoms with van der Waals surface area (Å²) < 4.78 is 53.1. The Hall–Kier alpha value is -2.45. The van der Waals surface area contributed by atoms with Crippen molar-refractivity contribution in [3.05, 3.63) is 11.1 Å². The van der Waals surface area contributed by atoms with Gasteiger partial charge in [-0.1, -0.05) is 31.1 Å². The summed E-state index contributed by atoms with van der Waals surface area (Å²) in [6.07, 6.45) is 2.80. The lowest BCUT2D eigenvalue weighted by Gasteiger charge is -2.41. The second-order valence-electron chi connectivity index (χ2n) is 13.0. The van der Waals surface area contributed by atoms with Crippen LogP contribution in [0.3, 0.4) is 0 Å². The minimum Gasteiger partial charge on any atom is -0.444 e. The maximum absolute atomic E-state index is 14.5. The van der Waals surface area contributed by atoms with Gasteiger partial charge >= 0.3 is 6.09 Å². The van der Waals surface area contributed by atoms with Gasteiger partial charge in [0.25, 0.3) is 5.92 Å². The number of alkyl halides is 3. The van der Waals surface area contributed by atoms with E-state index in [0.717, 1.165) is 37.0 Å². The zero-order valence-corrected chi connectivity index (χ0v) is 26.2. The number of halogens is 3. The second kappa shape index (κ2) is 14.1. The Morgan fingerprint density at radius 3 is 2.65 bits per heavy atom. The van der Waals surface area contributed by atoms with Crippen molar-refractivity contribution in [1.82, 2.24) is 20.1 Å². The Morgan fingerprint density at radius 1 is 1.26 bits per heavy atom. The van der Waals surface area contributed by atoms with Crippen molar-refractivity contribution in [2.75, 3.05) is 44.8 Å². The van der Waals surface area contributed by atoms with Crippen LogP contribution in [0, 0.1) is 11.8 Å². The Morgan fingerprint density at radius 2 is 1.98 bits per heavy atom. The van der Waals surface area contributed by atoms with Gasteiger partial charge in [-0.05, 0) is 45.4 Å². The van der Waals surface area contributed by atoms with Crippen LogP contribution in [0.4, 0.5) is 23.1 Å². The quantitative estimate of drug-likeness (QED) is 0.404. The summed E-state index contributed by atoms with van der Waals surface area (Å²) in [7, 11) is 0. The number of carbonyl (C=O) groups excluding carboxylic acids is 3. The Balaban J connectivity index is 1.53. The molecule has 3 heterocycles. The van der Waals surface area contributed by atoms with Crippen molar-refractivity contribution < 1.29 is 37.0 Å². The molecule has 14 heteroatoms. The van der Waals surface area contributed by atoms with Gasteiger partial charge in [0.05, 0.1) is 30.2 Å². The van der Waals surface area contributed by atoms with E-state index in [1.165, 1.54) is 11.1 Å². The number of piperidine rings is 1. The average Bonchev–Trinajstić information content (AvgIpc) is 3.39. The van der Waals surface area contributed by atoms with Crippen LogP contribution in [0.2, 0.25) is 0 Å². The molecule has 1 unspecified atom stereocenters. The number of rotatable bonds is 9. The number of morpholine rings is 1. The molecule has 0 bridgehead atoms. The van der Waals surface area contributed by atoms with Crippen molar-refractivity contribution in [3.8, 4) is 0 Å². The van der Waals surface area contributed by atoms with Gasteiger partial charge < -0.3 is 25.0 Å². The van der Waals surface area contributed by atoms with Crippen molar-refractivity contribution >= 4 is 34.4 Å². The van der Waals surface area contributed by atoms with Crippen LogP contribution < -0.4 is 10.6 Å². The summed E-state index contributed by atoms with van der Waals surface area (Å²) in [6, 6.07) is -1.62. The molecule has 10 nitrogen and oxygen atoms in total. The molecule has 3 amide bonds. The second-order valence-corrected chi connectivity index (χ2v) is 14.1. The average molecular weight is 632 g/mol. The lowest BCUT2D eigenvalue weighted by Crippen LogP contribution is -2.52. The lowest BCUT2D eigenvalue weighted by molar-refractivity contribution is -0.152. The van der Waals surface area contributed by atoms with Crippen molar-refractivity contribution in [3.63, 3.8) is 0 Å². The van der Waals surface area contributed by atoms with Crippen LogP contribution in [0.5, 0.6) is 0 Å². The van der Waals surface area contributed by atoms with Crippen LogP contribution in [-0.2, 0) is 19.1 Å². The van der Waals surface area contributed by atoms with Gasteiger partial charge in [0.2, 0.25) is 11.8 Å². The maximum Gasteiger partial charge on any atom is 0.408 e. The number of amides is 3. The fourth-order valence-corrected chi connectivity index (χ4v) is 6.82. The number of ether oxygens (including phenoxy) is 2. The third kappa shape index (κ3) is 9.52. The van der Waals surface area contributed by atoms with Gasteiger partial charge in [0.15, 0.2) is 5.13 Å². The maximum atomic E-state index is 14.5. The molecule has 3 atom stereocenters. The van der Waals surface area contributed by atoms with Gasteiger partial charge in [-0.3, -0.25) is 14.5 Å². The first-order valence-corrected chi connectivity index (χ1v) is 15.9. The van der Waals surface area contributed by atoms with Crippen LogP contribution in [-0.4, -0.2) is 95.8 Å². The summed E-state index contributed by atoms with van der Waals surface area (Å²) in [5.74, 6) is -3.41. The largest absolute Gasteiger partial charge is 0.444 e. The molecule has 3 aliphatic rings. The normalized spacial score (nSPS) is 26.4. The Labute approximate surface area is 255 Å². The molecular formula is C29H44F3N5O5S. The molecular weight excluding hydrogens is 587 g/mol. The SMILES string of the molecule is CC1CCC([C@H](NC(=O)OC(C)(C)C)C(=O)Nc2ncc(C(CN3CCO[C@H](CF)C3)N3CC(F)(F)CCC3=O)s2)CC1. The predicted molar refractivity (Wildman–Crippen MR) is 156 cm³/mol. The molecule has 1 aliphatic carbocycles. The number of thiazole rings is 1. The molecule has 0 aromatic carbocycles. The third-order valence-electron chi connectivity index (χ3n) is 8.20. The van der Waals surface area contributed by atoms with Gasteiger partial charge in [0, 0.05) is 38.7 Å². The standard InChI is InChI=1S/C29H44F3N5O5S/c1-18-5-7-19(8-6-18)24(34-27(40)42-28(2,3)4)25(39)35-26-33-14-22(43-26)21(16-36-11-12-41-20(13-30)15-36)37-17-29(31,32)10-9-23(37)38/h14,18-21,24H,5-13,15-17H2,1-4H3,(H,34,40)(H,33,35,39)/t18?,19?,20-,21?,24+/m1/s1. The minimum atomic E-state index is -3.03. The van der Waals surface area contributed by atoms with Crippen LogP contribution in [0.15, 0.2) is 6.20 Å². The monoisotopic (exact) mass is 631 g/mol. The molecule has 4 rings (SSSR count). The Kier molecular flexibility index (Phi) is 11.0. The molecule has 242 valence electrons. The van der Waals surface area contributed by atoms with E-state index in [9.17, 15) is 27.6 Å². The predicted octanol–water partition coefficient (Wildman–Crippen LogP) is 4.77. The molecule has 0 spiro atoms. The molecule has 1 saturated carbocycles. The fourth-order valence-electron chi connectivity index (χ4n) is 5.89.